The fraction of sp³-hybridized carbons (Fsp3) is 0.524. The minimum absolute atomic E-state index is 0.320. The van der Waals surface area contributed by atoms with Crippen LogP contribution in [0.2, 0.25) is 0 Å². The molecule has 1 aromatic carbocycles. The van der Waals surface area contributed by atoms with E-state index in [-0.39, 0.29) is 0 Å². The number of nitrogens with zero attached hydrogens (tertiary/aromatic N) is 2. The summed E-state index contributed by atoms with van der Waals surface area (Å²) >= 11 is 0. The molecule has 0 aliphatic carbocycles. The molecule has 2 aromatic rings. The van der Waals surface area contributed by atoms with Gasteiger partial charge in [-0.2, -0.15) is 4.98 Å². The van der Waals surface area contributed by atoms with E-state index in [4.69, 9.17) is 5.73 Å². The van der Waals surface area contributed by atoms with Crippen molar-refractivity contribution < 1.29 is 0 Å². The molecule has 1 heterocycles. The summed E-state index contributed by atoms with van der Waals surface area (Å²) in [5, 5.41) is 3.39. The molecule has 4 nitrogen and oxygen atoms in total. The van der Waals surface area contributed by atoms with Crippen molar-refractivity contribution >= 4 is 11.8 Å². The van der Waals surface area contributed by atoms with Gasteiger partial charge in [-0.15, -0.1) is 0 Å². The highest BCUT2D eigenvalue weighted by atomic mass is 15.1. The van der Waals surface area contributed by atoms with Gasteiger partial charge in [-0.1, -0.05) is 58.4 Å². The Balaban J connectivity index is 2.03. The van der Waals surface area contributed by atoms with Gasteiger partial charge < -0.3 is 11.1 Å². The van der Waals surface area contributed by atoms with Gasteiger partial charge in [0.2, 0.25) is 5.95 Å². The number of benzene rings is 1. The van der Waals surface area contributed by atoms with E-state index in [0.717, 1.165) is 43.6 Å². The van der Waals surface area contributed by atoms with Crippen LogP contribution >= 0.6 is 0 Å². The van der Waals surface area contributed by atoms with Crippen LogP contribution in [0, 0.1) is 5.41 Å². The molecule has 2 rings (SSSR count). The Bertz CT molecular complexity index is 657. The number of anilines is 2. The molecule has 0 saturated heterocycles. The summed E-state index contributed by atoms with van der Waals surface area (Å²) in [4.78, 5) is 8.54. The molecule has 0 aliphatic rings. The summed E-state index contributed by atoms with van der Waals surface area (Å²) in [6.45, 7) is 9.95. The van der Waals surface area contributed by atoms with Gasteiger partial charge in [-0.3, -0.25) is 0 Å². The molecule has 0 aliphatic heterocycles. The van der Waals surface area contributed by atoms with Crippen molar-refractivity contribution in [3.8, 4) is 0 Å². The minimum Gasteiger partial charge on any atom is -0.370 e. The third kappa shape index (κ3) is 6.73. The third-order valence-electron chi connectivity index (χ3n) is 4.29. The quantitative estimate of drug-likeness (QED) is 0.675. The summed E-state index contributed by atoms with van der Waals surface area (Å²) in [5.74, 6) is 1.18. The van der Waals surface area contributed by atoms with E-state index < -0.39 is 0 Å². The number of unbranched alkanes of at least 4 members (excludes halogenated alkanes) is 1. The molecule has 0 unspecified atom stereocenters. The zero-order chi connectivity index (χ0) is 18.3. The molecule has 0 atom stereocenters. The molecule has 0 fully saturated rings. The Morgan fingerprint density at radius 3 is 2.40 bits per heavy atom. The lowest BCUT2D eigenvalue weighted by Gasteiger charge is -2.17. The second-order valence-corrected chi connectivity index (χ2v) is 7.94. The van der Waals surface area contributed by atoms with Crippen LogP contribution in [-0.4, -0.2) is 16.5 Å². The molecule has 0 radical (unpaired) electrons. The van der Waals surface area contributed by atoms with Crippen molar-refractivity contribution in [2.45, 2.75) is 59.8 Å². The first-order valence-corrected chi connectivity index (χ1v) is 9.30. The molecule has 0 saturated carbocycles. The summed E-state index contributed by atoms with van der Waals surface area (Å²) in [6, 6.07) is 8.90. The van der Waals surface area contributed by atoms with Crippen molar-refractivity contribution in [2.75, 3.05) is 17.6 Å². The lowest BCUT2D eigenvalue weighted by atomic mass is 9.88. The van der Waals surface area contributed by atoms with Crippen LogP contribution in [-0.2, 0) is 12.8 Å². The maximum atomic E-state index is 5.75. The van der Waals surface area contributed by atoms with E-state index >= 15 is 0 Å². The van der Waals surface area contributed by atoms with Gasteiger partial charge >= 0.3 is 0 Å². The van der Waals surface area contributed by atoms with Crippen molar-refractivity contribution in [3.63, 3.8) is 0 Å². The van der Waals surface area contributed by atoms with Gasteiger partial charge in [0.1, 0.15) is 5.82 Å². The summed E-state index contributed by atoms with van der Waals surface area (Å²) in [5.41, 5.74) is 9.88. The first-order valence-electron chi connectivity index (χ1n) is 9.30. The van der Waals surface area contributed by atoms with Crippen molar-refractivity contribution in [1.29, 1.82) is 0 Å². The SMILES string of the molecule is CCCCNc1nc(N)ncc1Cc1ccc(CCC(C)(C)C)cc1. The second kappa shape index (κ2) is 8.84. The molecular formula is C21H32N4. The standard InChI is InChI=1S/C21H32N4/c1-5-6-13-23-19-18(15-24-20(22)25-19)14-17-9-7-16(8-10-17)11-12-21(2,3)4/h7-10,15H,5-6,11-14H2,1-4H3,(H3,22,23,24,25). The van der Waals surface area contributed by atoms with Crippen LogP contribution in [0.3, 0.4) is 0 Å². The summed E-state index contributed by atoms with van der Waals surface area (Å²) in [6.07, 6.45) is 7.24. The highest BCUT2D eigenvalue weighted by Gasteiger charge is 2.10. The Labute approximate surface area is 152 Å². The van der Waals surface area contributed by atoms with Gasteiger partial charge in [-0.25, -0.2) is 4.98 Å². The number of nitrogens with two attached hydrogens (primary N) is 1. The first-order chi connectivity index (χ1) is 11.9. The Hall–Kier alpha value is -2.10. The highest BCUT2D eigenvalue weighted by Crippen LogP contribution is 2.22. The maximum absolute atomic E-state index is 5.75. The fourth-order valence-electron chi connectivity index (χ4n) is 2.65. The normalized spacial score (nSPS) is 11.5. The number of aryl methyl sites for hydroxylation is 1. The molecule has 4 heteroatoms. The number of nitrogens with one attached hydrogen (secondary N) is 1. The first kappa shape index (κ1) is 19.2. The number of nitrogen functional groups attached to an aromatic ring is 1. The summed E-state index contributed by atoms with van der Waals surface area (Å²) in [7, 11) is 0. The fourth-order valence-corrected chi connectivity index (χ4v) is 2.65. The Morgan fingerprint density at radius 1 is 1.08 bits per heavy atom. The van der Waals surface area contributed by atoms with Crippen LogP contribution < -0.4 is 11.1 Å². The van der Waals surface area contributed by atoms with Gasteiger partial charge in [0.05, 0.1) is 0 Å². The zero-order valence-corrected chi connectivity index (χ0v) is 16.1. The van der Waals surface area contributed by atoms with Gasteiger partial charge in [-0.05, 0) is 35.8 Å². The molecule has 0 amide bonds. The average Bonchev–Trinajstić information content (AvgIpc) is 2.56. The highest BCUT2D eigenvalue weighted by molar-refractivity contribution is 5.48. The zero-order valence-electron chi connectivity index (χ0n) is 16.1. The number of hydrogen-bond donors (Lipinski definition) is 2. The predicted molar refractivity (Wildman–Crippen MR) is 107 cm³/mol. The average molecular weight is 341 g/mol. The van der Waals surface area contributed by atoms with E-state index in [1.165, 1.54) is 17.5 Å². The van der Waals surface area contributed by atoms with E-state index in [1.54, 1.807) is 0 Å². The van der Waals surface area contributed by atoms with Crippen LogP contribution in [0.4, 0.5) is 11.8 Å². The third-order valence-corrected chi connectivity index (χ3v) is 4.29. The molecule has 0 spiro atoms. The molecule has 25 heavy (non-hydrogen) atoms. The van der Waals surface area contributed by atoms with Gasteiger partial charge in [0.25, 0.3) is 0 Å². The van der Waals surface area contributed by atoms with Crippen LogP contribution in [0.15, 0.2) is 30.5 Å². The van der Waals surface area contributed by atoms with Crippen molar-refractivity contribution in [2.24, 2.45) is 5.41 Å². The van der Waals surface area contributed by atoms with Gasteiger partial charge in [0, 0.05) is 24.7 Å². The molecule has 1 aromatic heterocycles. The lowest BCUT2D eigenvalue weighted by Crippen LogP contribution is -2.09. The number of aromatic nitrogens is 2. The Kier molecular flexibility index (Phi) is 6.80. The number of hydrogen-bond acceptors (Lipinski definition) is 4. The molecular weight excluding hydrogens is 308 g/mol. The largest absolute Gasteiger partial charge is 0.370 e. The van der Waals surface area contributed by atoms with E-state index in [1.807, 2.05) is 6.20 Å². The van der Waals surface area contributed by atoms with E-state index in [9.17, 15) is 0 Å². The second-order valence-electron chi connectivity index (χ2n) is 7.94. The maximum Gasteiger partial charge on any atom is 0.221 e. The Morgan fingerprint density at radius 2 is 1.76 bits per heavy atom. The van der Waals surface area contributed by atoms with Gasteiger partial charge in [0.15, 0.2) is 0 Å². The van der Waals surface area contributed by atoms with E-state index in [2.05, 4.69) is 67.2 Å². The smallest absolute Gasteiger partial charge is 0.221 e. The topological polar surface area (TPSA) is 63.8 Å². The van der Waals surface area contributed by atoms with Crippen molar-refractivity contribution in [1.82, 2.24) is 9.97 Å². The predicted octanol–water partition coefficient (Wildman–Crippen LogP) is 4.84. The summed E-state index contributed by atoms with van der Waals surface area (Å²) < 4.78 is 0. The lowest BCUT2D eigenvalue weighted by molar-refractivity contribution is 0.378. The van der Waals surface area contributed by atoms with Crippen LogP contribution in [0.1, 0.15) is 63.6 Å². The van der Waals surface area contributed by atoms with Crippen LogP contribution in [0.5, 0.6) is 0 Å². The molecule has 3 N–H and O–H groups in total. The monoisotopic (exact) mass is 340 g/mol. The van der Waals surface area contributed by atoms with E-state index in [0.29, 0.717) is 11.4 Å². The molecule has 0 bridgehead atoms. The van der Waals surface area contributed by atoms with Crippen LogP contribution in [0.25, 0.3) is 0 Å². The molecule has 136 valence electrons. The minimum atomic E-state index is 0.320. The van der Waals surface area contributed by atoms with Crippen molar-refractivity contribution in [3.05, 3.63) is 47.2 Å². The number of rotatable bonds is 8.